The lowest BCUT2D eigenvalue weighted by Crippen LogP contribution is -2.51. The molecular weight excluding hydrogens is 655 g/mol. The van der Waals surface area contributed by atoms with Gasteiger partial charge in [-0.25, -0.2) is 14.4 Å². The summed E-state index contributed by atoms with van der Waals surface area (Å²) in [6.07, 6.45) is -0.483. The largest absolute Gasteiger partial charge is 0.444 e. The van der Waals surface area contributed by atoms with E-state index in [0.29, 0.717) is 26.2 Å². The average Bonchev–Trinajstić information content (AvgIpc) is 2.99. The Hall–Kier alpha value is -3.64. The molecule has 0 N–H and O–H groups in total. The third-order valence-electron chi connectivity index (χ3n) is 8.00. The molecule has 2 aliphatic heterocycles. The predicted octanol–water partition coefficient (Wildman–Crippen LogP) is 7.71. The zero-order chi connectivity index (χ0) is 36.7. The van der Waals surface area contributed by atoms with Gasteiger partial charge in [-0.05, 0) is 99.5 Å². The van der Waals surface area contributed by atoms with Crippen LogP contribution in [0.2, 0.25) is 0 Å². The first kappa shape index (κ1) is 39.2. The van der Waals surface area contributed by atoms with Gasteiger partial charge < -0.3 is 33.8 Å². The lowest BCUT2D eigenvalue weighted by atomic mass is 10.2. The highest BCUT2D eigenvalue weighted by Crippen LogP contribution is 2.47. The molecule has 0 aromatic heterocycles. The first-order valence-electron chi connectivity index (χ1n) is 17.7. The van der Waals surface area contributed by atoms with Gasteiger partial charge in [-0.15, -0.1) is 0 Å². The van der Waals surface area contributed by atoms with E-state index in [2.05, 4.69) is 58.3 Å². The third kappa shape index (κ3) is 12.0. The van der Waals surface area contributed by atoms with Gasteiger partial charge in [0.25, 0.3) is 0 Å². The van der Waals surface area contributed by atoms with Crippen LogP contribution in [0.5, 0.6) is 0 Å². The Morgan fingerprint density at radius 2 is 0.880 bits per heavy atom. The fourth-order valence-electron chi connectivity index (χ4n) is 5.68. The minimum atomic E-state index is -0.700. The smallest absolute Gasteiger partial charge is 0.410 e. The topological polar surface area (TPSA) is 95.1 Å². The molecule has 4 rings (SSSR count). The SMILES string of the molecule is CC(C)(C)OC(=O)N1CCN(CCCN2c3ccccc3Sc3ccccc32)CCN(C(=O)OC(C)(C)C)CCN(C(=O)OC(C)(C)C)CC1. The van der Waals surface area contributed by atoms with Crippen LogP contribution >= 0.6 is 11.8 Å². The van der Waals surface area contributed by atoms with Crippen molar-refractivity contribution in [3.05, 3.63) is 48.5 Å². The monoisotopic (exact) mass is 711 g/mol. The summed E-state index contributed by atoms with van der Waals surface area (Å²) in [6.45, 7) is 21.0. The highest BCUT2D eigenvalue weighted by atomic mass is 32.2. The van der Waals surface area contributed by atoms with Crippen molar-refractivity contribution in [3.8, 4) is 0 Å². The number of rotatable bonds is 4. The molecule has 0 bridgehead atoms. The van der Waals surface area contributed by atoms with Crippen LogP contribution < -0.4 is 4.90 Å². The highest BCUT2D eigenvalue weighted by Gasteiger charge is 2.30. The van der Waals surface area contributed by atoms with Crippen LogP contribution in [0.3, 0.4) is 0 Å². The van der Waals surface area contributed by atoms with Crippen molar-refractivity contribution in [1.29, 1.82) is 0 Å². The van der Waals surface area contributed by atoms with E-state index in [0.717, 1.165) is 19.5 Å². The number of carbonyl (C=O) groups excluding carboxylic acids is 3. The van der Waals surface area contributed by atoms with Gasteiger partial charge in [0, 0.05) is 68.7 Å². The summed E-state index contributed by atoms with van der Waals surface area (Å²) in [6, 6.07) is 17.0. The molecule has 2 aromatic carbocycles. The van der Waals surface area contributed by atoms with Crippen LogP contribution in [-0.4, -0.2) is 120 Å². The van der Waals surface area contributed by atoms with Gasteiger partial charge in [-0.1, -0.05) is 36.0 Å². The Bertz CT molecular complexity index is 1380. The molecule has 50 heavy (non-hydrogen) atoms. The average molecular weight is 712 g/mol. The summed E-state index contributed by atoms with van der Waals surface area (Å²) in [5.41, 5.74) is 0.365. The summed E-state index contributed by atoms with van der Waals surface area (Å²) in [5, 5.41) is 0. The second-order valence-corrected chi connectivity index (χ2v) is 16.9. The maximum atomic E-state index is 13.4. The fourth-order valence-corrected chi connectivity index (χ4v) is 6.78. The van der Waals surface area contributed by atoms with E-state index >= 15 is 0 Å². The van der Waals surface area contributed by atoms with E-state index in [1.807, 2.05) is 62.3 Å². The van der Waals surface area contributed by atoms with E-state index in [1.165, 1.54) is 21.2 Å². The molecule has 2 aromatic rings. The minimum Gasteiger partial charge on any atom is -0.444 e. The molecule has 0 saturated carbocycles. The molecule has 1 fully saturated rings. The van der Waals surface area contributed by atoms with Gasteiger partial charge in [-0.2, -0.15) is 0 Å². The number of benzene rings is 2. The molecule has 3 amide bonds. The molecule has 2 aliphatic rings. The molecule has 2 heterocycles. The normalized spacial score (nSPS) is 16.8. The van der Waals surface area contributed by atoms with E-state index in [-0.39, 0.29) is 26.2 Å². The summed E-state index contributed by atoms with van der Waals surface area (Å²) in [5.74, 6) is 0. The fraction of sp³-hybridized carbons (Fsp3) is 0.605. The molecule has 0 atom stereocenters. The first-order valence-corrected chi connectivity index (χ1v) is 18.5. The quantitative estimate of drug-likeness (QED) is 0.296. The lowest BCUT2D eigenvalue weighted by molar-refractivity contribution is 0.00471. The zero-order valence-corrected chi connectivity index (χ0v) is 32.3. The van der Waals surface area contributed by atoms with Gasteiger partial charge in [0.15, 0.2) is 0 Å². The van der Waals surface area contributed by atoms with E-state index < -0.39 is 35.1 Å². The van der Waals surface area contributed by atoms with Crippen molar-refractivity contribution >= 4 is 41.4 Å². The van der Waals surface area contributed by atoms with E-state index in [4.69, 9.17) is 14.2 Å². The Kier molecular flexibility index (Phi) is 13.0. The number of ether oxygens (including phenoxy) is 3. The second kappa shape index (κ2) is 16.6. The van der Waals surface area contributed by atoms with Crippen molar-refractivity contribution in [2.75, 3.05) is 70.3 Å². The first-order chi connectivity index (χ1) is 23.4. The number of anilines is 2. The van der Waals surface area contributed by atoms with Gasteiger partial charge in [0.2, 0.25) is 0 Å². The number of nitrogens with zero attached hydrogens (tertiary/aromatic N) is 5. The van der Waals surface area contributed by atoms with Crippen molar-refractivity contribution in [1.82, 2.24) is 19.6 Å². The van der Waals surface area contributed by atoms with Crippen LogP contribution in [0, 0.1) is 0 Å². The van der Waals surface area contributed by atoms with Crippen LogP contribution in [0.25, 0.3) is 0 Å². The van der Waals surface area contributed by atoms with E-state index in [1.54, 1.807) is 26.5 Å². The van der Waals surface area contributed by atoms with Gasteiger partial charge in [-0.3, -0.25) is 4.90 Å². The summed E-state index contributed by atoms with van der Waals surface area (Å²) < 4.78 is 17.3. The second-order valence-electron chi connectivity index (χ2n) is 15.8. The number of fused-ring (bicyclic) bond motifs is 2. The van der Waals surface area contributed by atoms with Gasteiger partial charge in [0.1, 0.15) is 16.8 Å². The molecule has 11 nitrogen and oxygen atoms in total. The zero-order valence-electron chi connectivity index (χ0n) is 31.5. The number of hydrogen-bond donors (Lipinski definition) is 0. The number of carbonyl (C=O) groups is 3. The van der Waals surface area contributed by atoms with Crippen LogP contribution in [0.1, 0.15) is 68.7 Å². The van der Waals surface area contributed by atoms with Gasteiger partial charge in [0.05, 0.1) is 11.4 Å². The third-order valence-corrected chi connectivity index (χ3v) is 9.13. The number of amides is 3. The predicted molar refractivity (Wildman–Crippen MR) is 198 cm³/mol. The van der Waals surface area contributed by atoms with E-state index in [9.17, 15) is 14.4 Å². The molecule has 0 aliphatic carbocycles. The molecule has 12 heteroatoms. The standard InChI is InChI=1S/C38H57N5O6S/c1-36(2,3)47-33(44)40-23-21-39(19-14-20-43-29-15-10-12-17-31(29)50-32-18-13-11-16-30(32)43)22-24-41(34(45)48-37(4,5)6)26-28-42(27-25-40)35(46)49-38(7,8)9/h10-13,15-18H,14,19-28H2,1-9H3. The van der Waals surface area contributed by atoms with Crippen LogP contribution in [0.4, 0.5) is 25.8 Å². The maximum Gasteiger partial charge on any atom is 0.410 e. The Labute approximate surface area is 303 Å². The number of hydrogen-bond acceptors (Lipinski definition) is 9. The lowest BCUT2D eigenvalue weighted by Gasteiger charge is -2.36. The number of para-hydroxylation sites is 2. The molecule has 0 radical (unpaired) electrons. The molecule has 0 spiro atoms. The molecule has 276 valence electrons. The Morgan fingerprint density at radius 3 is 1.24 bits per heavy atom. The van der Waals surface area contributed by atoms with Crippen molar-refractivity contribution in [2.45, 2.75) is 95.3 Å². The van der Waals surface area contributed by atoms with Crippen LogP contribution in [0.15, 0.2) is 58.3 Å². The maximum absolute atomic E-state index is 13.4. The van der Waals surface area contributed by atoms with Gasteiger partial charge >= 0.3 is 18.3 Å². The Balaban J connectivity index is 1.55. The molecule has 1 saturated heterocycles. The highest BCUT2D eigenvalue weighted by molar-refractivity contribution is 7.99. The molecule has 0 unspecified atom stereocenters. The summed E-state index contributed by atoms with van der Waals surface area (Å²) >= 11 is 1.80. The minimum absolute atomic E-state index is 0.224. The molecular formula is C38H57N5O6S. The van der Waals surface area contributed by atoms with Crippen molar-refractivity contribution in [3.63, 3.8) is 0 Å². The summed E-state index contributed by atoms with van der Waals surface area (Å²) in [4.78, 5) is 52.3. The van der Waals surface area contributed by atoms with Crippen molar-refractivity contribution in [2.24, 2.45) is 0 Å². The van der Waals surface area contributed by atoms with Crippen molar-refractivity contribution < 1.29 is 28.6 Å². The van der Waals surface area contributed by atoms with Crippen LogP contribution in [-0.2, 0) is 14.2 Å². The summed E-state index contributed by atoms with van der Waals surface area (Å²) in [7, 11) is 0. The Morgan fingerprint density at radius 1 is 0.540 bits per heavy atom.